The summed E-state index contributed by atoms with van der Waals surface area (Å²) in [5.41, 5.74) is 0.779. The van der Waals surface area contributed by atoms with Crippen molar-refractivity contribution in [3.8, 4) is 17.2 Å². The largest absolute Gasteiger partial charge is 0.493 e. The van der Waals surface area contributed by atoms with Crippen molar-refractivity contribution in [2.24, 2.45) is 5.92 Å². The summed E-state index contributed by atoms with van der Waals surface area (Å²) in [6.07, 6.45) is 4.44. The molecule has 0 aliphatic rings. The van der Waals surface area contributed by atoms with E-state index in [2.05, 4.69) is 13.8 Å². The van der Waals surface area contributed by atoms with Crippen LogP contribution in [0.4, 0.5) is 0 Å². The van der Waals surface area contributed by atoms with Gasteiger partial charge < -0.3 is 18.9 Å². The van der Waals surface area contributed by atoms with E-state index in [1.807, 2.05) is 6.92 Å². The van der Waals surface area contributed by atoms with Crippen LogP contribution in [-0.2, 0) is 9.53 Å². The Morgan fingerprint density at radius 3 is 2.08 bits per heavy atom. The number of methoxy groups -OCH3 is 3. The van der Waals surface area contributed by atoms with Crippen molar-refractivity contribution in [1.82, 2.24) is 0 Å². The Morgan fingerprint density at radius 1 is 1.04 bits per heavy atom. The van der Waals surface area contributed by atoms with Gasteiger partial charge in [0.05, 0.1) is 33.9 Å². The maximum absolute atomic E-state index is 12.5. The molecule has 0 saturated heterocycles. The van der Waals surface area contributed by atoms with Gasteiger partial charge in [-0.1, -0.05) is 33.1 Å². The molecule has 0 amide bonds. The van der Waals surface area contributed by atoms with Gasteiger partial charge in [-0.2, -0.15) is 0 Å². The number of ether oxygens (including phenoxy) is 4. The quantitative estimate of drug-likeness (QED) is 0.546. The Balaban J connectivity index is 2.84. The van der Waals surface area contributed by atoms with Crippen molar-refractivity contribution in [2.75, 3.05) is 27.9 Å². The van der Waals surface area contributed by atoms with Crippen molar-refractivity contribution < 1.29 is 23.7 Å². The zero-order valence-electron chi connectivity index (χ0n) is 16.4. The summed E-state index contributed by atoms with van der Waals surface area (Å²) < 4.78 is 21.6. The third-order valence-electron chi connectivity index (χ3n) is 4.55. The number of esters is 1. The number of benzene rings is 1. The first-order valence-corrected chi connectivity index (χ1v) is 8.98. The number of rotatable bonds is 11. The minimum absolute atomic E-state index is 0.232. The molecule has 25 heavy (non-hydrogen) atoms. The van der Waals surface area contributed by atoms with E-state index in [0.717, 1.165) is 24.8 Å². The fourth-order valence-corrected chi connectivity index (χ4v) is 2.71. The zero-order valence-corrected chi connectivity index (χ0v) is 16.4. The van der Waals surface area contributed by atoms with Crippen LogP contribution in [0, 0.1) is 5.92 Å². The van der Waals surface area contributed by atoms with Gasteiger partial charge in [-0.05, 0) is 37.0 Å². The van der Waals surface area contributed by atoms with Crippen LogP contribution in [0.15, 0.2) is 12.1 Å². The summed E-state index contributed by atoms with van der Waals surface area (Å²) in [6, 6.07) is 3.59. The van der Waals surface area contributed by atoms with E-state index in [0.29, 0.717) is 29.8 Å². The van der Waals surface area contributed by atoms with Crippen molar-refractivity contribution in [1.29, 1.82) is 0 Å². The van der Waals surface area contributed by atoms with Crippen LogP contribution in [0.1, 0.15) is 57.9 Å². The van der Waals surface area contributed by atoms with E-state index in [-0.39, 0.29) is 5.97 Å². The molecule has 0 fully saturated rings. The maximum Gasteiger partial charge on any atom is 0.313 e. The second-order valence-electron chi connectivity index (χ2n) is 6.23. The molecule has 0 spiro atoms. The Kier molecular flexibility index (Phi) is 9.17. The summed E-state index contributed by atoms with van der Waals surface area (Å²) in [4.78, 5) is 12.5. The molecule has 2 unspecified atom stereocenters. The molecule has 0 aliphatic heterocycles. The molecule has 0 radical (unpaired) electrons. The number of carbonyl (C=O) groups excluding carboxylic acids is 1. The number of carbonyl (C=O) groups is 1. The smallest absolute Gasteiger partial charge is 0.313 e. The van der Waals surface area contributed by atoms with E-state index < -0.39 is 5.92 Å². The molecule has 1 aromatic carbocycles. The highest BCUT2D eigenvalue weighted by Gasteiger charge is 2.22. The highest BCUT2D eigenvalue weighted by Crippen LogP contribution is 2.40. The van der Waals surface area contributed by atoms with Gasteiger partial charge >= 0.3 is 5.97 Å². The second-order valence-corrected chi connectivity index (χ2v) is 6.23. The Labute approximate surface area is 151 Å². The van der Waals surface area contributed by atoms with Crippen molar-refractivity contribution in [3.63, 3.8) is 0 Å². The average Bonchev–Trinajstić information content (AvgIpc) is 2.65. The van der Waals surface area contributed by atoms with E-state index in [4.69, 9.17) is 18.9 Å². The zero-order chi connectivity index (χ0) is 18.8. The van der Waals surface area contributed by atoms with E-state index >= 15 is 0 Å². The SMILES string of the molecule is CCCCC(CC)COC(=O)C(C)c1cc(OC)c(OC)c(OC)c1. The molecule has 1 rings (SSSR count). The summed E-state index contributed by atoms with van der Waals surface area (Å²) in [5.74, 6) is 1.37. The van der Waals surface area contributed by atoms with Crippen molar-refractivity contribution in [2.45, 2.75) is 52.4 Å². The molecule has 5 heteroatoms. The van der Waals surface area contributed by atoms with Crippen LogP contribution in [0.25, 0.3) is 0 Å². The van der Waals surface area contributed by atoms with Gasteiger partial charge in [0.15, 0.2) is 11.5 Å². The van der Waals surface area contributed by atoms with Crippen LogP contribution >= 0.6 is 0 Å². The van der Waals surface area contributed by atoms with E-state index in [1.165, 1.54) is 6.42 Å². The summed E-state index contributed by atoms with van der Waals surface area (Å²) in [5, 5.41) is 0. The average molecular weight is 352 g/mol. The van der Waals surface area contributed by atoms with Gasteiger partial charge in [-0.15, -0.1) is 0 Å². The number of hydrogen-bond donors (Lipinski definition) is 0. The van der Waals surface area contributed by atoms with E-state index in [9.17, 15) is 4.79 Å². The van der Waals surface area contributed by atoms with E-state index in [1.54, 1.807) is 33.5 Å². The maximum atomic E-state index is 12.5. The predicted molar refractivity (Wildman–Crippen MR) is 98.8 cm³/mol. The van der Waals surface area contributed by atoms with Crippen molar-refractivity contribution >= 4 is 5.97 Å². The van der Waals surface area contributed by atoms with Gasteiger partial charge in [0.2, 0.25) is 5.75 Å². The summed E-state index contributed by atoms with van der Waals surface area (Å²) in [7, 11) is 4.67. The third kappa shape index (κ3) is 5.83. The van der Waals surface area contributed by atoms with Gasteiger partial charge in [-0.3, -0.25) is 4.79 Å². The fourth-order valence-electron chi connectivity index (χ4n) is 2.71. The number of hydrogen-bond acceptors (Lipinski definition) is 5. The minimum Gasteiger partial charge on any atom is -0.493 e. The molecule has 0 saturated carbocycles. The molecule has 142 valence electrons. The molecule has 1 aromatic rings. The standard InChI is InChI=1S/C20H32O5/c1-7-9-10-15(8-2)13-25-20(21)14(3)16-11-17(22-4)19(24-6)18(12-16)23-5/h11-12,14-15H,7-10,13H2,1-6H3. The molecule has 2 atom stereocenters. The first kappa shape index (κ1) is 21.1. The first-order chi connectivity index (χ1) is 12.0. The molecular formula is C20H32O5. The van der Waals surface area contributed by atoms with Gasteiger partial charge in [0.25, 0.3) is 0 Å². The normalized spacial score (nSPS) is 13.0. The summed E-state index contributed by atoms with van der Waals surface area (Å²) in [6.45, 7) is 6.61. The predicted octanol–water partition coefficient (Wildman–Crippen LogP) is 4.58. The monoisotopic (exact) mass is 352 g/mol. The lowest BCUT2D eigenvalue weighted by atomic mass is 9.99. The highest BCUT2D eigenvalue weighted by atomic mass is 16.5. The molecule has 0 heterocycles. The Bertz CT molecular complexity index is 516. The molecule has 0 aromatic heterocycles. The van der Waals surface area contributed by atoms with Crippen LogP contribution in [0.5, 0.6) is 17.2 Å². The lowest BCUT2D eigenvalue weighted by Crippen LogP contribution is -2.18. The molecule has 0 aliphatic carbocycles. The lowest BCUT2D eigenvalue weighted by molar-refractivity contribution is -0.146. The van der Waals surface area contributed by atoms with Gasteiger partial charge in [0, 0.05) is 0 Å². The minimum atomic E-state index is -0.405. The molecule has 5 nitrogen and oxygen atoms in total. The first-order valence-electron chi connectivity index (χ1n) is 8.98. The lowest BCUT2D eigenvalue weighted by Gasteiger charge is -2.19. The summed E-state index contributed by atoms with van der Waals surface area (Å²) >= 11 is 0. The topological polar surface area (TPSA) is 54.0 Å². The van der Waals surface area contributed by atoms with Crippen LogP contribution in [-0.4, -0.2) is 33.9 Å². The van der Waals surface area contributed by atoms with Crippen molar-refractivity contribution in [3.05, 3.63) is 17.7 Å². The Hall–Kier alpha value is -1.91. The van der Waals surface area contributed by atoms with Gasteiger partial charge in [0.1, 0.15) is 0 Å². The van der Waals surface area contributed by atoms with Gasteiger partial charge in [-0.25, -0.2) is 0 Å². The molecular weight excluding hydrogens is 320 g/mol. The third-order valence-corrected chi connectivity index (χ3v) is 4.55. The second kappa shape index (κ2) is 10.9. The fraction of sp³-hybridized carbons (Fsp3) is 0.650. The number of unbranched alkanes of at least 4 members (excludes halogenated alkanes) is 1. The van der Waals surface area contributed by atoms with Crippen LogP contribution in [0.3, 0.4) is 0 Å². The molecule has 0 bridgehead atoms. The van der Waals surface area contributed by atoms with Crippen LogP contribution in [0.2, 0.25) is 0 Å². The molecule has 0 N–H and O–H groups in total. The highest BCUT2D eigenvalue weighted by molar-refractivity contribution is 5.78. The van der Waals surface area contributed by atoms with Crippen LogP contribution < -0.4 is 14.2 Å². The Morgan fingerprint density at radius 2 is 1.64 bits per heavy atom.